The van der Waals surface area contributed by atoms with E-state index in [1.807, 2.05) is 18.2 Å². The molecule has 4 heteroatoms. The number of fused-ring (bicyclic) bond motifs is 3. The largest absolute Gasteiger partial charge is 0.481 e. The number of hydrogen-bond acceptors (Lipinski definition) is 1. The minimum atomic E-state index is -0.702. The van der Waals surface area contributed by atoms with Crippen LogP contribution in [0.15, 0.2) is 18.2 Å². The Morgan fingerprint density at radius 2 is 2.29 bits per heavy atom. The van der Waals surface area contributed by atoms with Gasteiger partial charge in [0.2, 0.25) is 0 Å². The Hall–Kier alpha value is -1.48. The zero-order valence-electron chi connectivity index (χ0n) is 9.16. The van der Waals surface area contributed by atoms with Crippen molar-refractivity contribution >= 4 is 28.5 Å². The molecule has 0 saturated carbocycles. The van der Waals surface area contributed by atoms with Crippen molar-refractivity contribution < 1.29 is 9.90 Å². The molecule has 88 valence electrons. The van der Waals surface area contributed by atoms with Gasteiger partial charge in [-0.3, -0.25) is 4.79 Å². The standard InChI is InChI=1S/C13H12ClNO2/c14-8-2-4-12-10(6-8)9-5-7(13(16)17)1-3-11(9)15-12/h2,4,6-7,15H,1,3,5H2,(H,16,17)/t7-/m1/s1. The summed E-state index contributed by atoms with van der Waals surface area (Å²) in [5.41, 5.74) is 3.34. The highest BCUT2D eigenvalue weighted by Crippen LogP contribution is 2.33. The lowest BCUT2D eigenvalue weighted by molar-refractivity contribution is -0.142. The van der Waals surface area contributed by atoms with Crippen LogP contribution in [-0.2, 0) is 17.6 Å². The van der Waals surface area contributed by atoms with Gasteiger partial charge >= 0.3 is 5.97 Å². The SMILES string of the molecule is O=C(O)[C@@H]1CCc2[nH]c3ccc(Cl)cc3c2C1. The molecule has 1 heterocycles. The Kier molecular flexibility index (Phi) is 2.37. The van der Waals surface area contributed by atoms with Crippen LogP contribution in [0, 0.1) is 5.92 Å². The highest BCUT2D eigenvalue weighted by Gasteiger charge is 2.26. The van der Waals surface area contributed by atoms with Gasteiger partial charge in [-0.25, -0.2) is 0 Å². The van der Waals surface area contributed by atoms with Gasteiger partial charge in [0.25, 0.3) is 0 Å². The summed E-state index contributed by atoms with van der Waals surface area (Å²) in [6, 6.07) is 5.71. The van der Waals surface area contributed by atoms with Crippen LogP contribution in [-0.4, -0.2) is 16.1 Å². The van der Waals surface area contributed by atoms with E-state index in [2.05, 4.69) is 4.98 Å². The number of aromatic amines is 1. The van der Waals surface area contributed by atoms with Gasteiger partial charge in [-0.1, -0.05) is 11.6 Å². The molecule has 0 amide bonds. The number of H-pyrrole nitrogens is 1. The number of hydrogen-bond donors (Lipinski definition) is 2. The van der Waals surface area contributed by atoms with Crippen molar-refractivity contribution in [3.63, 3.8) is 0 Å². The summed E-state index contributed by atoms with van der Waals surface area (Å²) in [5, 5.41) is 10.9. The number of halogens is 1. The fraction of sp³-hybridized carbons (Fsp3) is 0.308. The summed E-state index contributed by atoms with van der Waals surface area (Å²) >= 11 is 5.99. The Labute approximate surface area is 103 Å². The summed E-state index contributed by atoms with van der Waals surface area (Å²) in [6.45, 7) is 0. The third-order valence-electron chi connectivity index (χ3n) is 3.50. The highest BCUT2D eigenvalue weighted by atomic mass is 35.5. The maximum absolute atomic E-state index is 11.1. The van der Waals surface area contributed by atoms with Crippen LogP contribution in [0.1, 0.15) is 17.7 Å². The van der Waals surface area contributed by atoms with Crippen molar-refractivity contribution in [2.75, 3.05) is 0 Å². The lowest BCUT2D eigenvalue weighted by Crippen LogP contribution is -2.21. The summed E-state index contributed by atoms with van der Waals surface area (Å²) in [7, 11) is 0. The number of nitrogens with one attached hydrogen (secondary N) is 1. The molecule has 0 aliphatic heterocycles. The molecule has 0 radical (unpaired) electrons. The molecule has 1 aliphatic carbocycles. The van der Waals surface area contributed by atoms with Crippen molar-refractivity contribution in [2.24, 2.45) is 5.92 Å². The van der Waals surface area contributed by atoms with E-state index in [4.69, 9.17) is 16.7 Å². The topological polar surface area (TPSA) is 53.1 Å². The van der Waals surface area contributed by atoms with Crippen LogP contribution in [0.3, 0.4) is 0 Å². The van der Waals surface area contributed by atoms with E-state index < -0.39 is 5.97 Å². The normalized spacial score (nSPS) is 19.2. The Morgan fingerprint density at radius 3 is 3.06 bits per heavy atom. The van der Waals surface area contributed by atoms with E-state index in [9.17, 15) is 4.79 Å². The van der Waals surface area contributed by atoms with Crippen molar-refractivity contribution in [3.05, 3.63) is 34.5 Å². The van der Waals surface area contributed by atoms with Crippen LogP contribution in [0.5, 0.6) is 0 Å². The van der Waals surface area contributed by atoms with Crippen LogP contribution in [0.4, 0.5) is 0 Å². The average molecular weight is 250 g/mol. The first kappa shape index (κ1) is 10.7. The maximum Gasteiger partial charge on any atom is 0.306 e. The smallest absolute Gasteiger partial charge is 0.306 e. The molecule has 1 atom stereocenters. The molecule has 1 aliphatic rings. The van der Waals surface area contributed by atoms with Gasteiger partial charge in [0.15, 0.2) is 0 Å². The zero-order valence-corrected chi connectivity index (χ0v) is 9.92. The number of aliphatic carboxylic acids is 1. The number of aromatic nitrogens is 1. The minimum absolute atomic E-state index is 0.263. The van der Waals surface area contributed by atoms with Crippen LogP contribution < -0.4 is 0 Å². The first-order valence-electron chi connectivity index (χ1n) is 5.67. The maximum atomic E-state index is 11.1. The molecule has 2 aromatic rings. The molecule has 2 N–H and O–H groups in total. The van der Waals surface area contributed by atoms with Gasteiger partial charge in [0.1, 0.15) is 0 Å². The predicted octanol–water partition coefficient (Wildman–Crippen LogP) is 3.01. The number of benzene rings is 1. The third-order valence-corrected chi connectivity index (χ3v) is 3.73. The number of carboxylic acids is 1. The average Bonchev–Trinajstić information content (AvgIpc) is 2.66. The highest BCUT2D eigenvalue weighted by molar-refractivity contribution is 6.31. The van der Waals surface area contributed by atoms with Gasteiger partial charge in [-0.2, -0.15) is 0 Å². The van der Waals surface area contributed by atoms with Crippen molar-refractivity contribution in [1.29, 1.82) is 0 Å². The van der Waals surface area contributed by atoms with Crippen LogP contribution >= 0.6 is 11.6 Å². The van der Waals surface area contributed by atoms with E-state index >= 15 is 0 Å². The van der Waals surface area contributed by atoms with Gasteiger partial charge in [0, 0.05) is 21.6 Å². The van der Waals surface area contributed by atoms with Gasteiger partial charge in [-0.05, 0) is 43.0 Å². The van der Waals surface area contributed by atoms with Gasteiger partial charge in [0.05, 0.1) is 5.92 Å². The monoisotopic (exact) mass is 249 g/mol. The number of carbonyl (C=O) groups is 1. The number of aryl methyl sites for hydroxylation is 1. The van der Waals surface area contributed by atoms with E-state index in [1.54, 1.807) is 0 Å². The molecular weight excluding hydrogens is 238 g/mol. The molecule has 1 aromatic carbocycles. The van der Waals surface area contributed by atoms with Crippen molar-refractivity contribution in [2.45, 2.75) is 19.3 Å². The molecule has 0 fully saturated rings. The van der Waals surface area contributed by atoms with E-state index in [0.717, 1.165) is 22.9 Å². The fourth-order valence-corrected chi connectivity index (χ4v) is 2.77. The molecule has 1 aromatic heterocycles. The van der Waals surface area contributed by atoms with Crippen LogP contribution in [0.25, 0.3) is 10.9 Å². The van der Waals surface area contributed by atoms with E-state index in [1.165, 1.54) is 5.69 Å². The summed E-state index contributed by atoms with van der Waals surface area (Å²) in [4.78, 5) is 14.4. The molecule has 17 heavy (non-hydrogen) atoms. The molecule has 0 saturated heterocycles. The first-order valence-corrected chi connectivity index (χ1v) is 6.04. The molecule has 3 rings (SSSR count). The second-order valence-corrected chi connectivity index (χ2v) is 4.99. The summed E-state index contributed by atoms with van der Waals surface area (Å²) in [5.74, 6) is -0.965. The lowest BCUT2D eigenvalue weighted by atomic mass is 9.86. The molecular formula is C13H12ClNO2. The second-order valence-electron chi connectivity index (χ2n) is 4.55. The van der Waals surface area contributed by atoms with E-state index in [-0.39, 0.29) is 5.92 Å². The second kappa shape index (κ2) is 3.77. The minimum Gasteiger partial charge on any atom is -0.481 e. The Bertz CT molecular complexity index is 603. The van der Waals surface area contributed by atoms with Gasteiger partial charge < -0.3 is 10.1 Å². The van der Waals surface area contributed by atoms with E-state index in [0.29, 0.717) is 17.9 Å². The molecule has 3 nitrogen and oxygen atoms in total. The Balaban J connectivity index is 2.13. The van der Waals surface area contributed by atoms with Gasteiger partial charge in [-0.15, -0.1) is 0 Å². The predicted molar refractivity (Wildman–Crippen MR) is 66.5 cm³/mol. The third kappa shape index (κ3) is 1.71. The van der Waals surface area contributed by atoms with Crippen LogP contribution in [0.2, 0.25) is 5.02 Å². The van der Waals surface area contributed by atoms with Crippen molar-refractivity contribution in [1.82, 2.24) is 4.98 Å². The summed E-state index contributed by atoms with van der Waals surface area (Å²) < 4.78 is 0. The fourth-order valence-electron chi connectivity index (χ4n) is 2.60. The quantitative estimate of drug-likeness (QED) is 0.816. The molecule has 0 spiro atoms. The molecule has 0 bridgehead atoms. The number of rotatable bonds is 1. The summed E-state index contributed by atoms with van der Waals surface area (Å²) in [6.07, 6.45) is 2.12. The number of carboxylic acid groups (broad SMARTS) is 1. The molecule has 0 unspecified atom stereocenters. The first-order chi connectivity index (χ1) is 8.15. The van der Waals surface area contributed by atoms with Crippen molar-refractivity contribution in [3.8, 4) is 0 Å². The zero-order chi connectivity index (χ0) is 12.0. The lowest BCUT2D eigenvalue weighted by Gasteiger charge is -2.18. The Morgan fingerprint density at radius 1 is 1.47 bits per heavy atom.